The number of hydrogen-bond donors (Lipinski definition) is 0. The molecule has 7 heteroatoms. The van der Waals surface area contributed by atoms with Crippen LogP contribution in [-0.4, -0.2) is 24.9 Å². The van der Waals surface area contributed by atoms with Gasteiger partial charge in [0.1, 0.15) is 5.82 Å². The first-order chi connectivity index (χ1) is 12.8. The van der Waals surface area contributed by atoms with E-state index in [1.54, 1.807) is 0 Å². The molecule has 130 valence electrons. The summed E-state index contributed by atoms with van der Waals surface area (Å²) in [5.74, 6) is 2.65. The van der Waals surface area contributed by atoms with Crippen LogP contribution >= 0.6 is 11.8 Å². The fourth-order valence-corrected chi connectivity index (χ4v) is 3.31. The Morgan fingerprint density at radius 2 is 1.69 bits per heavy atom. The summed E-state index contributed by atoms with van der Waals surface area (Å²) in [4.78, 5) is 4.44. The molecular weight excluding hydrogens is 346 g/mol. The van der Waals surface area contributed by atoms with Crippen LogP contribution in [0.2, 0.25) is 0 Å². The number of rotatable bonds is 6. The minimum Gasteiger partial charge on any atom is -0.338 e. The average molecular weight is 363 g/mol. The van der Waals surface area contributed by atoms with Gasteiger partial charge in [0, 0.05) is 19.0 Å². The molecule has 0 N–H and O–H groups in total. The van der Waals surface area contributed by atoms with Gasteiger partial charge in [-0.25, -0.2) is 0 Å². The Bertz CT molecular complexity index is 982. The van der Waals surface area contributed by atoms with Crippen molar-refractivity contribution >= 4 is 11.8 Å². The van der Waals surface area contributed by atoms with E-state index in [1.807, 2.05) is 60.1 Å². The van der Waals surface area contributed by atoms with E-state index in [1.165, 1.54) is 17.3 Å². The summed E-state index contributed by atoms with van der Waals surface area (Å²) in [6.45, 7) is 0. The van der Waals surface area contributed by atoms with Gasteiger partial charge in [-0.3, -0.25) is 0 Å². The summed E-state index contributed by atoms with van der Waals surface area (Å²) in [5.41, 5.74) is 2.15. The Morgan fingerprint density at radius 3 is 2.46 bits per heavy atom. The lowest BCUT2D eigenvalue weighted by molar-refractivity contribution is 0.391. The third-order valence-electron chi connectivity index (χ3n) is 3.95. The van der Waals surface area contributed by atoms with Crippen LogP contribution in [0.25, 0.3) is 11.4 Å². The van der Waals surface area contributed by atoms with Crippen LogP contribution in [0, 0.1) is 0 Å². The first-order valence-corrected chi connectivity index (χ1v) is 9.21. The van der Waals surface area contributed by atoms with E-state index in [4.69, 9.17) is 4.52 Å². The third-order valence-corrected chi connectivity index (χ3v) is 4.96. The van der Waals surface area contributed by atoms with Crippen LogP contribution in [0.15, 0.2) is 70.3 Å². The van der Waals surface area contributed by atoms with Gasteiger partial charge in [0.25, 0.3) is 0 Å². The Morgan fingerprint density at radius 1 is 0.962 bits per heavy atom. The van der Waals surface area contributed by atoms with Crippen molar-refractivity contribution in [3.63, 3.8) is 0 Å². The lowest BCUT2D eigenvalue weighted by Gasteiger charge is -2.03. The lowest BCUT2D eigenvalue weighted by atomic mass is 10.1. The van der Waals surface area contributed by atoms with Crippen LogP contribution < -0.4 is 0 Å². The Kier molecular flexibility index (Phi) is 4.79. The highest BCUT2D eigenvalue weighted by atomic mass is 32.2. The van der Waals surface area contributed by atoms with Crippen LogP contribution in [-0.2, 0) is 19.2 Å². The quantitative estimate of drug-likeness (QED) is 0.486. The van der Waals surface area contributed by atoms with E-state index in [9.17, 15) is 0 Å². The highest BCUT2D eigenvalue weighted by Gasteiger charge is 2.13. The van der Waals surface area contributed by atoms with E-state index in [0.29, 0.717) is 17.5 Å². The van der Waals surface area contributed by atoms with Crippen molar-refractivity contribution in [2.24, 2.45) is 7.05 Å². The van der Waals surface area contributed by atoms with E-state index < -0.39 is 0 Å². The molecule has 0 aliphatic carbocycles. The molecule has 26 heavy (non-hydrogen) atoms. The van der Waals surface area contributed by atoms with E-state index in [2.05, 4.69) is 32.5 Å². The number of aromatic nitrogens is 5. The maximum absolute atomic E-state index is 5.34. The highest BCUT2D eigenvalue weighted by molar-refractivity contribution is 7.98. The van der Waals surface area contributed by atoms with Crippen LogP contribution in [0.3, 0.4) is 0 Å². The standard InChI is InChI=1S/C19H17N5OS/c1-24-16(12-14-8-4-2-5-9-14)21-22-19(24)26-13-17-20-18(23-25-17)15-10-6-3-7-11-15/h2-11H,12-13H2,1H3. The molecule has 2 heterocycles. The van der Waals surface area contributed by atoms with Crippen LogP contribution in [0.1, 0.15) is 17.3 Å². The molecule has 0 spiro atoms. The fraction of sp³-hybridized carbons (Fsp3) is 0.158. The topological polar surface area (TPSA) is 69.6 Å². The SMILES string of the molecule is Cn1c(Cc2ccccc2)nnc1SCc1nc(-c2ccccc2)no1. The Labute approximate surface area is 155 Å². The smallest absolute Gasteiger partial charge is 0.237 e. The predicted molar refractivity (Wildman–Crippen MR) is 99.5 cm³/mol. The van der Waals surface area contributed by atoms with Crippen molar-refractivity contribution in [2.45, 2.75) is 17.3 Å². The average Bonchev–Trinajstić information content (AvgIpc) is 3.29. The molecule has 0 atom stereocenters. The van der Waals surface area contributed by atoms with Gasteiger partial charge in [0.15, 0.2) is 5.16 Å². The number of benzene rings is 2. The van der Waals surface area contributed by atoms with Gasteiger partial charge in [-0.2, -0.15) is 4.98 Å². The maximum Gasteiger partial charge on any atom is 0.237 e. The Hall–Kier alpha value is -2.93. The zero-order chi connectivity index (χ0) is 17.8. The summed E-state index contributed by atoms with van der Waals surface area (Å²) in [7, 11) is 1.98. The normalized spacial score (nSPS) is 11.0. The summed E-state index contributed by atoms with van der Waals surface area (Å²) < 4.78 is 7.35. The molecule has 4 aromatic rings. The second-order valence-electron chi connectivity index (χ2n) is 5.79. The molecule has 0 unspecified atom stereocenters. The molecule has 6 nitrogen and oxygen atoms in total. The molecule has 0 fully saturated rings. The first-order valence-electron chi connectivity index (χ1n) is 8.22. The fourth-order valence-electron chi connectivity index (χ4n) is 2.55. The number of nitrogens with zero attached hydrogens (tertiary/aromatic N) is 5. The zero-order valence-electron chi connectivity index (χ0n) is 14.2. The van der Waals surface area contributed by atoms with E-state index in [-0.39, 0.29) is 0 Å². The van der Waals surface area contributed by atoms with Crippen molar-refractivity contribution < 1.29 is 4.52 Å². The minimum absolute atomic E-state index is 0.553. The molecule has 2 aromatic carbocycles. The maximum atomic E-state index is 5.34. The molecule has 0 amide bonds. The molecule has 0 saturated heterocycles. The van der Waals surface area contributed by atoms with Crippen molar-refractivity contribution in [1.29, 1.82) is 0 Å². The molecule has 0 aliphatic rings. The third kappa shape index (κ3) is 3.67. The Balaban J connectivity index is 1.42. The predicted octanol–water partition coefficient (Wildman–Crippen LogP) is 3.75. The van der Waals surface area contributed by atoms with E-state index in [0.717, 1.165) is 23.0 Å². The first kappa shape index (κ1) is 16.5. The molecule has 0 saturated carbocycles. The largest absolute Gasteiger partial charge is 0.338 e. The highest BCUT2D eigenvalue weighted by Crippen LogP contribution is 2.23. The second kappa shape index (κ2) is 7.53. The molecule has 2 aromatic heterocycles. The summed E-state index contributed by atoms with van der Waals surface area (Å²) >= 11 is 1.53. The minimum atomic E-state index is 0.553. The van der Waals surface area contributed by atoms with Crippen LogP contribution in [0.4, 0.5) is 0 Å². The lowest BCUT2D eigenvalue weighted by Crippen LogP contribution is -2.00. The van der Waals surface area contributed by atoms with Crippen LogP contribution in [0.5, 0.6) is 0 Å². The summed E-state index contributed by atoms with van der Waals surface area (Å²) in [6.07, 6.45) is 0.754. The van der Waals surface area contributed by atoms with Crippen molar-refractivity contribution in [2.75, 3.05) is 0 Å². The van der Waals surface area contributed by atoms with Gasteiger partial charge >= 0.3 is 0 Å². The zero-order valence-corrected chi connectivity index (χ0v) is 15.1. The molecule has 0 aliphatic heterocycles. The second-order valence-corrected chi connectivity index (χ2v) is 6.73. The van der Waals surface area contributed by atoms with Crippen molar-refractivity contribution in [1.82, 2.24) is 24.9 Å². The number of hydrogen-bond acceptors (Lipinski definition) is 6. The van der Waals surface area contributed by atoms with Crippen molar-refractivity contribution in [3.8, 4) is 11.4 Å². The molecular formula is C19H17N5OS. The van der Waals surface area contributed by atoms with Gasteiger partial charge in [-0.1, -0.05) is 77.6 Å². The number of thioether (sulfide) groups is 1. The van der Waals surface area contributed by atoms with Gasteiger partial charge in [0.05, 0.1) is 5.75 Å². The molecule has 4 rings (SSSR count). The molecule has 0 radical (unpaired) electrons. The summed E-state index contributed by atoms with van der Waals surface area (Å²) in [6, 6.07) is 20.0. The van der Waals surface area contributed by atoms with Gasteiger partial charge in [-0.05, 0) is 5.56 Å². The molecule has 0 bridgehead atoms. The van der Waals surface area contributed by atoms with E-state index >= 15 is 0 Å². The van der Waals surface area contributed by atoms with Gasteiger partial charge in [0.2, 0.25) is 11.7 Å². The summed E-state index contributed by atoms with van der Waals surface area (Å²) in [5, 5.41) is 13.4. The van der Waals surface area contributed by atoms with Crippen molar-refractivity contribution in [3.05, 3.63) is 77.9 Å². The monoisotopic (exact) mass is 363 g/mol. The van der Waals surface area contributed by atoms with Gasteiger partial charge < -0.3 is 9.09 Å². The van der Waals surface area contributed by atoms with Gasteiger partial charge in [-0.15, -0.1) is 10.2 Å².